The highest BCUT2D eigenvalue weighted by Gasteiger charge is 2.13. The maximum Gasteiger partial charge on any atom is 0.130 e. The van der Waals surface area contributed by atoms with Crippen molar-refractivity contribution in [3.63, 3.8) is 0 Å². The number of halogens is 1. The lowest BCUT2D eigenvalue weighted by molar-refractivity contribution is 0.531. The van der Waals surface area contributed by atoms with Crippen LogP contribution in [0.15, 0.2) is 30.3 Å². The average molecular weight is 190 g/mol. The Morgan fingerprint density at radius 3 is 2.71 bits per heavy atom. The Labute approximate surface area is 84.5 Å². The lowest BCUT2D eigenvalue weighted by Gasteiger charge is -2.18. The van der Waals surface area contributed by atoms with Crippen molar-refractivity contribution in [3.8, 4) is 0 Å². The van der Waals surface area contributed by atoms with Gasteiger partial charge in [0.2, 0.25) is 0 Å². The van der Waals surface area contributed by atoms with Crippen LogP contribution in [0.25, 0.3) is 5.57 Å². The Bertz CT molecular complexity index is 352. The van der Waals surface area contributed by atoms with Crippen LogP contribution in [0.2, 0.25) is 0 Å². The largest absolute Gasteiger partial charge is 0.206 e. The minimum absolute atomic E-state index is 0.0895. The van der Waals surface area contributed by atoms with Gasteiger partial charge in [-0.1, -0.05) is 31.2 Å². The highest BCUT2D eigenvalue weighted by molar-refractivity contribution is 5.66. The van der Waals surface area contributed by atoms with Crippen LogP contribution in [0, 0.1) is 11.7 Å². The van der Waals surface area contributed by atoms with Crippen molar-refractivity contribution in [2.75, 3.05) is 0 Å². The molecule has 1 aromatic rings. The van der Waals surface area contributed by atoms with Crippen LogP contribution in [0.4, 0.5) is 4.39 Å². The molecular weight excluding hydrogens is 175 g/mol. The molecule has 0 heterocycles. The summed E-state index contributed by atoms with van der Waals surface area (Å²) in [5.74, 6) is 0.666. The predicted octanol–water partition coefficient (Wildman–Crippen LogP) is 4.03. The molecule has 0 spiro atoms. The van der Waals surface area contributed by atoms with Gasteiger partial charge < -0.3 is 0 Å². The van der Waals surface area contributed by atoms with E-state index in [1.165, 1.54) is 18.1 Å². The Balaban J connectivity index is 2.28. The van der Waals surface area contributed by atoms with Crippen LogP contribution < -0.4 is 0 Å². The van der Waals surface area contributed by atoms with Crippen LogP contribution in [-0.4, -0.2) is 0 Å². The highest BCUT2D eigenvalue weighted by atomic mass is 19.1. The predicted molar refractivity (Wildman–Crippen MR) is 57.4 cm³/mol. The molecule has 14 heavy (non-hydrogen) atoms. The molecule has 0 saturated heterocycles. The minimum atomic E-state index is -0.0895. The molecule has 1 aliphatic rings. The summed E-state index contributed by atoms with van der Waals surface area (Å²) in [6, 6.07) is 7.05. The van der Waals surface area contributed by atoms with Gasteiger partial charge in [0.25, 0.3) is 0 Å². The standard InChI is InChI=1S/C13H15F/c1-10-6-8-11(9-7-10)12-4-2-3-5-13(12)14/h2-5,8,10H,6-7,9H2,1H3. The van der Waals surface area contributed by atoms with Gasteiger partial charge in [0, 0.05) is 5.56 Å². The van der Waals surface area contributed by atoms with E-state index in [4.69, 9.17) is 0 Å². The van der Waals surface area contributed by atoms with Crippen LogP contribution in [-0.2, 0) is 0 Å². The Morgan fingerprint density at radius 1 is 1.29 bits per heavy atom. The van der Waals surface area contributed by atoms with Crippen molar-refractivity contribution in [1.29, 1.82) is 0 Å². The summed E-state index contributed by atoms with van der Waals surface area (Å²) in [6.07, 6.45) is 5.47. The molecule has 1 aliphatic carbocycles. The van der Waals surface area contributed by atoms with Gasteiger partial charge >= 0.3 is 0 Å². The first-order valence-electron chi connectivity index (χ1n) is 5.21. The van der Waals surface area contributed by atoms with Crippen LogP contribution in [0.5, 0.6) is 0 Å². The lowest BCUT2D eigenvalue weighted by atomic mass is 9.87. The number of hydrogen-bond donors (Lipinski definition) is 0. The van der Waals surface area contributed by atoms with Gasteiger partial charge in [-0.25, -0.2) is 4.39 Å². The van der Waals surface area contributed by atoms with E-state index < -0.39 is 0 Å². The maximum absolute atomic E-state index is 13.4. The van der Waals surface area contributed by atoms with E-state index in [-0.39, 0.29) is 5.82 Å². The minimum Gasteiger partial charge on any atom is -0.206 e. The molecule has 0 fully saturated rings. The van der Waals surface area contributed by atoms with Crippen LogP contribution in [0.1, 0.15) is 31.7 Å². The molecule has 0 N–H and O–H groups in total. The maximum atomic E-state index is 13.4. The van der Waals surface area contributed by atoms with Crippen molar-refractivity contribution in [3.05, 3.63) is 41.7 Å². The third kappa shape index (κ3) is 1.87. The number of rotatable bonds is 1. The first-order valence-corrected chi connectivity index (χ1v) is 5.21. The summed E-state index contributed by atoms with van der Waals surface area (Å²) in [4.78, 5) is 0. The SMILES string of the molecule is CC1CC=C(c2ccccc2F)CC1. The molecule has 0 bridgehead atoms. The van der Waals surface area contributed by atoms with E-state index in [0.717, 1.165) is 24.3 Å². The molecule has 0 amide bonds. The van der Waals surface area contributed by atoms with E-state index in [0.29, 0.717) is 0 Å². The Morgan fingerprint density at radius 2 is 2.07 bits per heavy atom. The van der Waals surface area contributed by atoms with Gasteiger partial charge in [-0.05, 0) is 36.8 Å². The summed E-state index contributed by atoms with van der Waals surface area (Å²) in [7, 11) is 0. The second-order valence-corrected chi connectivity index (χ2v) is 4.09. The molecule has 0 aliphatic heterocycles. The fourth-order valence-electron chi connectivity index (χ4n) is 1.93. The molecule has 1 atom stereocenters. The zero-order chi connectivity index (χ0) is 9.97. The van der Waals surface area contributed by atoms with Crippen molar-refractivity contribution in [2.24, 2.45) is 5.92 Å². The molecule has 74 valence electrons. The Kier molecular flexibility index (Phi) is 2.67. The van der Waals surface area contributed by atoms with Crippen molar-refractivity contribution in [2.45, 2.75) is 26.2 Å². The van der Waals surface area contributed by atoms with Gasteiger partial charge in [-0.3, -0.25) is 0 Å². The zero-order valence-corrected chi connectivity index (χ0v) is 8.46. The van der Waals surface area contributed by atoms with Gasteiger partial charge in [-0.15, -0.1) is 0 Å². The van der Waals surface area contributed by atoms with E-state index in [1.54, 1.807) is 6.07 Å². The van der Waals surface area contributed by atoms with Crippen molar-refractivity contribution in [1.82, 2.24) is 0 Å². The molecule has 0 nitrogen and oxygen atoms in total. The molecule has 0 saturated carbocycles. The molecule has 0 radical (unpaired) electrons. The van der Waals surface area contributed by atoms with Crippen LogP contribution >= 0.6 is 0 Å². The highest BCUT2D eigenvalue weighted by Crippen LogP contribution is 2.30. The summed E-state index contributed by atoms with van der Waals surface area (Å²) < 4.78 is 13.4. The number of hydrogen-bond acceptors (Lipinski definition) is 0. The zero-order valence-electron chi connectivity index (χ0n) is 8.46. The van der Waals surface area contributed by atoms with Crippen molar-refractivity contribution >= 4 is 5.57 Å². The van der Waals surface area contributed by atoms with Gasteiger partial charge in [-0.2, -0.15) is 0 Å². The monoisotopic (exact) mass is 190 g/mol. The molecule has 2 rings (SSSR count). The van der Waals surface area contributed by atoms with E-state index >= 15 is 0 Å². The molecule has 0 aromatic heterocycles. The van der Waals surface area contributed by atoms with E-state index in [9.17, 15) is 4.39 Å². The van der Waals surface area contributed by atoms with E-state index in [1.807, 2.05) is 12.1 Å². The lowest BCUT2D eigenvalue weighted by Crippen LogP contribution is -2.02. The second kappa shape index (κ2) is 3.95. The topological polar surface area (TPSA) is 0 Å². The first kappa shape index (κ1) is 9.45. The fourth-order valence-corrected chi connectivity index (χ4v) is 1.93. The molecule has 1 unspecified atom stereocenters. The summed E-state index contributed by atoms with van der Waals surface area (Å²) in [6.45, 7) is 2.24. The van der Waals surface area contributed by atoms with E-state index in [2.05, 4.69) is 13.0 Å². The number of allylic oxidation sites excluding steroid dienone is 2. The summed E-state index contributed by atoms with van der Waals surface area (Å²) in [5.41, 5.74) is 1.97. The molecule has 1 aromatic carbocycles. The summed E-state index contributed by atoms with van der Waals surface area (Å²) in [5, 5.41) is 0. The first-order chi connectivity index (χ1) is 6.77. The normalized spacial score (nSPS) is 21.9. The van der Waals surface area contributed by atoms with Gasteiger partial charge in [0.05, 0.1) is 0 Å². The quantitative estimate of drug-likeness (QED) is 0.627. The Hall–Kier alpha value is -1.11. The average Bonchev–Trinajstić information content (AvgIpc) is 2.20. The van der Waals surface area contributed by atoms with Gasteiger partial charge in [0.15, 0.2) is 0 Å². The summed E-state index contributed by atoms with van der Waals surface area (Å²) >= 11 is 0. The smallest absolute Gasteiger partial charge is 0.130 e. The third-order valence-electron chi connectivity index (χ3n) is 2.89. The van der Waals surface area contributed by atoms with Crippen LogP contribution in [0.3, 0.4) is 0 Å². The second-order valence-electron chi connectivity index (χ2n) is 4.09. The molecular formula is C13H15F. The van der Waals surface area contributed by atoms with Crippen molar-refractivity contribution < 1.29 is 4.39 Å². The fraction of sp³-hybridized carbons (Fsp3) is 0.385. The number of benzene rings is 1. The van der Waals surface area contributed by atoms with Gasteiger partial charge in [0.1, 0.15) is 5.82 Å². The molecule has 1 heteroatoms. The third-order valence-corrected chi connectivity index (χ3v) is 2.89.